The van der Waals surface area contributed by atoms with Crippen LogP contribution in [0.3, 0.4) is 0 Å². The van der Waals surface area contributed by atoms with Crippen LogP contribution in [-0.2, 0) is 17.8 Å². The minimum atomic E-state index is -0.0459. The smallest absolute Gasteiger partial charge is 0.230 e. The number of amides is 1. The zero-order chi connectivity index (χ0) is 16.9. The highest BCUT2D eigenvalue weighted by Crippen LogP contribution is 2.20. The van der Waals surface area contributed by atoms with Crippen LogP contribution in [0, 0.1) is 12.8 Å². The van der Waals surface area contributed by atoms with Gasteiger partial charge in [-0.1, -0.05) is 13.0 Å². The molecule has 1 aliphatic rings. The summed E-state index contributed by atoms with van der Waals surface area (Å²) in [5, 5.41) is 11.0. The molecule has 0 radical (unpaired) electrons. The largest absolute Gasteiger partial charge is 0.424 e. The molecule has 7 nitrogen and oxygen atoms in total. The van der Waals surface area contributed by atoms with Crippen molar-refractivity contribution in [3.63, 3.8) is 0 Å². The predicted octanol–water partition coefficient (Wildman–Crippen LogP) is 2.19. The van der Waals surface area contributed by atoms with Gasteiger partial charge in [0.25, 0.3) is 0 Å². The van der Waals surface area contributed by atoms with Crippen molar-refractivity contribution in [2.45, 2.75) is 39.7 Å². The predicted molar refractivity (Wildman–Crippen MR) is 89.3 cm³/mol. The molecule has 0 bridgehead atoms. The number of hydrogen-bond acceptors (Lipinski definition) is 6. The summed E-state index contributed by atoms with van der Waals surface area (Å²) in [6.07, 6.45) is 4.36. The first-order valence-corrected chi connectivity index (χ1v) is 8.41. The maximum Gasteiger partial charge on any atom is 0.230 e. The van der Waals surface area contributed by atoms with Crippen LogP contribution in [0.4, 0.5) is 5.82 Å². The molecule has 1 fully saturated rings. The Bertz CT molecular complexity index is 683. The molecule has 128 valence electrons. The molecule has 1 saturated heterocycles. The lowest BCUT2D eigenvalue weighted by Gasteiger charge is -2.30. The van der Waals surface area contributed by atoms with Crippen LogP contribution < -0.4 is 5.32 Å². The Morgan fingerprint density at radius 1 is 1.38 bits per heavy atom. The number of aromatic nitrogens is 3. The van der Waals surface area contributed by atoms with E-state index in [2.05, 4.69) is 25.4 Å². The summed E-state index contributed by atoms with van der Waals surface area (Å²) < 4.78 is 5.56. The third-order valence-corrected chi connectivity index (χ3v) is 4.21. The van der Waals surface area contributed by atoms with E-state index >= 15 is 0 Å². The quantitative estimate of drug-likeness (QED) is 0.905. The Labute approximate surface area is 141 Å². The Morgan fingerprint density at radius 3 is 2.92 bits per heavy atom. The van der Waals surface area contributed by atoms with Crippen LogP contribution in [0.25, 0.3) is 0 Å². The summed E-state index contributed by atoms with van der Waals surface area (Å²) in [5.41, 5.74) is 1.07. The van der Waals surface area contributed by atoms with E-state index < -0.39 is 0 Å². The van der Waals surface area contributed by atoms with Crippen LogP contribution in [0.5, 0.6) is 0 Å². The normalized spacial score (nSPS) is 18.5. The number of carbonyl (C=O) groups is 1. The van der Waals surface area contributed by atoms with E-state index in [-0.39, 0.29) is 11.8 Å². The number of nitrogens with zero attached hydrogens (tertiary/aromatic N) is 4. The van der Waals surface area contributed by atoms with Gasteiger partial charge in [0.05, 0.1) is 12.5 Å². The first-order valence-electron chi connectivity index (χ1n) is 8.41. The van der Waals surface area contributed by atoms with Gasteiger partial charge in [0.15, 0.2) is 0 Å². The molecule has 0 aliphatic carbocycles. The summed E-state index contributed by atoms with van der Waals surface area (Å²) >= 11 is 0. The Morgan fingerprint density at radius 2 is 2.21 bits per heavy atom. The molecule has 24 heavy (non-hydrogen) atoms. The number of nitrogens with one attached hydrogen (secondary N) is 1. The van der Waals surface area contributed by atoms with E-state index in [1.54, 1.807) is 6.20 Å². The molecule has 0 aromatic carbocycles. The lowest BCUT2D eigenvalue weighted by atomic mass is 9.97. The monoisotopic (exact) mass is 329 g/mol. The molecule has 1 amide bonds. The van der Waals surface area contributed by atoms with Gasteiger partial charge in [0.1, 0.15) is 5.82 Å². The first kappa shape index (κ1) is 16.6. The number of carbonyl (C=O) groups excluding carboxylic acids is 1. The number of rotatable bonds is 5. The molecule has 0 saturated carbocycles. The molecular weight excluding hydrogens is 306 g/mol. The zero-order valence-corrected chi connectivity index (χ0v) is 14.2. The van der Waals surface area contributed by atoms with Crippen molar-refractivity contribution >= 4 is 11.7 Å². The van der Waals surface area contributed by atoms with Gasteiger partial charge < -0.3 is 9.73 Å². The zero-order valence-electron chi connectivity index (χ0n) is 14.2. The lowest BCUT2D eigenvalue weighted by molar-refractivity contribution is -0.121. The second-order valence-electron chi connectivity index (χ2n) is 6.23. The van der Waals surface area contributed by atoms with E-state index in [1.807, 2.05) is 26.0 Å². The number of anilines is 1. The average Bonchev–Trinajstić information content (AvgIpc) is 3.05. The molecule has 3 heterocycles. The van der Waals surface area contributed by atoms with E-state index in [9.17, 15) is 4.79 Å². The summed E-state index contributed by atoms with van der Waals surface area (Å²) in [6, 6.07) is 3.77. The van der Waals surface area contributed by atoms with E-state index in [4.69, 9.17) is 4.42 Å². The highest BCUT2D eigenvalue weighted by molar-refractivity contribution is 5.91. The summed E-state index contributed by atoms with van der Waals surface area (Å²) in [5.74, 6) is 1.85. The highest BCUT2D eigenvalue weighted by atomic mass is 16.4. The second kappa shape index (κ2) is 7.53. The van der Waals surface area contributed by atoms with Crippen LogP contribution in [-0.4, -0.2) is 39.1 Å². The SMILES string of the molecule is CCc1nnc(CN2CCC[C@H](C(=O)Nc3ccc(C)cn3)C2)o1. The number of likely N-dealkylation sites (tertiary alicyclic amines) is 1. The third kappa shape index (κ3) is 4.17. The maximum absolute atomic E-state index is 12.5. The molecule has 2 aromatic heterocycles. The molecule has 1 N–H and O–H groups in total. The summed E-state index contributed by atoms with van der Waals surface area (Å²) in [7, 11) is 0. The van der Waals surface area contributed by atoms with Crippen LogP contribution in [0.15, 0.2) is 22.7 Å². The molecule has 0 unspecified atom stereocenters. The topological polar surface area (TPSA) is 84.2 Å². The standard InChI is InChI=1S/C17H23N5O2/c1-3-15-20-21-16(24-15)11-22-8-4-5-13(10-22)17(23)19-14-7-6-12(2)9-18-14/h6-7,9,13H,3-5,8,10-11H2,1-2H3,(H,18,19,23)/t13-/m0/s1. The molecule has 1 aliphatic heterocycles. The minimum Gasteiger partial charge on any atom is -0.424 e. The van der Waals surface area contributed by atoms with Crippen molar-refractivity contribution in [1.82, 2.24) is 20.1 Å². The second-order valence-corrected chi connectivity index (χ2v) is 6.23. The van der Waals surface area contributed by atoms with E-state index in [1.165, 1.54) is 0 Å². The van der Waals surface area contributed by atoms with Crippen molar-refractivity contribution in [3.05, 3.63) is 35.7 Å². The van der Waals surface area contributed by atoms with Crippen molar-refractivity contribution < 1.29 is 9.21 Å². The van der Waals surface area contributed by atoms with Gasteiger partial charge in [0, 0.05) is 19.2 Å². The molecule has 0 spiro atoms. The van der Waals surface area contributed by atoms with Crippen LogP contribution >= 0.6 is 0 Å². The van der Waals surface area contributed by atoms with E-state index in [0.29, 0.717) is 30.7 Å². The van der Waals surface area contributed by atoms with Crippen LogP contribution in [0.2, 0.25) is 0 Å². The Kier molecular flexibility index (Phi) is 5.20. The molecule has 7 heteroatoms. The Hall–Kier alpha value is -2.28. The van der Waals surface area contributed by atoms with E-state index in [0.717, 1.165) is 31.4 Å². The molecule has 1 atom stereocenters. The summed E-state index contributed by atoms with van der Waals surface area (Å²) in [6.45, 7) is 6.19. The van der Waals surface area contributed by atoms with Crippen molar-refractivity contribution in [1.29, 1.82) is 0 Å². The fourth-order valence-electron chi connectivity index (χ4n) is 2.87. The van der Waals surface area contributed by atoms with Gasteiger partial charge in [-0.05, 0) is 37.9 Å². The average molecular weight is 329 g/mol. The van der Waals surface area contributed by atoms with Gasteiger partial charge >= 0.3 is 0 Å². The van der Waals surface area contributed by atoms with Gasteiger partial charge in [-0.2, -0.15) is 0 Å². The maximum atomic E-state index is 12.5. The number of piperidine rings is 1. The van der Waals surface area contributed by atoms with Gasteiger partial charge in [-0.15, -0.1) is 10.2 Å². The van der Waals surface area contributed by atoms with Crippen molar-refractivity contribution in [2.24, 2.45) is 5.92 Å². The van der Waals surface area contributed by atoms with Crippen molar-refractivity contribution in [2.75, 3.05) is 18.4 Å². The molecular formula is C17H23N5O2. The molecule has 3 rings (SSSR count). The molecule has 2 aromatic rings. The van der Waals surface area contributed by atoms with Gasteiger partial charge in [-0.25, -0.2) is 4.98 Å². The van der Waals surface area contributed by atoms with Gasteiger partial charge in [-0.3, -0.25) is 9.69 Å². The number of aryl methyl sites for hydroxylation is 2. The number of pyridine rings is 1. The third-order valence-electron chi connectivity index (χ3n) is 4.21. The number of hydrogen-bond donors (Lipinski definition) is 1. The fourth-order valence-corrected chi connectivity index (χ4v) is 2.87. The minimum absolute atomic E-state index is 0.0239. The highest BCUT2D eigenvalue weighted by Gasteiger charge is 2.27. The van der Waals surface area contributed by atoms with Crippen LogP contribution in [0.1, 0.15) is 37.1 Å². The lowest BCUT2D eigenvalue weighted by Crippen LogP contribution is -2.40. The van der Waals surface area contributed by atoms with Gasteiger partial charge in [0.2, 0.25) is 17.7 Å². The Balaban J connectivity index is 1.56. The first-order chi connectivity index (χ1) is 11.6. The summed E-state index contributed by atoms with van der Waals surface area (Å²) in [4.78, 5) is 18.9. The fraction of sp³-hybridized carbons (Fsp3) is 0.529. The van der Waals surface area contributed by atoms with Crippen molar-refractivity contribution in [3.8, 4) is 0 Å².